The Morgan fingerprint density at radius 1 is 1.35 bits per heavy atom. The van der Waals surface area contributed by atoms with Gasteiger partial charge in [-0.05, 0) is 40.2 Å². The highest BCUT2D eigenvalue weighted by Crippen LogP contribution is 2.15. The Hall–Kier alpha value is -0.810. The second-order valence-corrected chi connectivity index (χ2v) is 6.20. The topological polar surface area (TPSA) is 48.9 Å². The summed E-state index contributed by atoms with van der Waals surface area (Å²) in [7, 11) is 3.54. The van der Waals surface area contributed by atoms with Crippen LogP contribution in [0.5, 0.6) is 0 Å². The van der Waals surface area contributed by atoms with Gasteiger partial charge in [-0.25, -0.2) is 0 Å². The van der Waals surface area contributed by atoms with Gasteiger partial charge in [-0.1, -0.05) is 6.42 Å². The van der Waals surface area contributed by atoms with Crippen LogP contribution in [-0.2, 0) is 4.74 Å². The quantitative estimate of drug-likeness (QED) is 0.572. The molecule has 0 spiro atoms. The van der Waals surface area contributed by atoms with Crippen molar-refractivity contribution in [3.8, 4) is 0 Å². The van der Waals surface area contributed by atoms with Gasteiger partial charge in [0, 0.05) is 39.8 Å². The van der Waals surface area contributed by atoms with Gasteiger partial charge in [-0.3, -0.25) is 9.89 Å². The zero-order valence-electron chi connectivity index (χ0n) is 13.8. The van der Waals surface area contributed by atoms with Crippen LogP contribution < -0.4 is 10.6 Å². The number of piperidine rings is 1. The lowest BCUT2D eigenvalue weighted by Crippen LogP contribution is -2.48. The Morgan fingerprint density at radius 3 is 2.70 bits per heavy atom. The summed E-state index contributed by atoms with van der Waals surface area (Å²) in [6, 6.07) is 0.716. The monoisotopic (exact) mass is 284 g/mol. The predicted molar refractivity (Wildman–Crippen MR) is 85.3 cm³/mol. The first-order valence-electron chi connectivity index (χ1n) is 7.72. The molecule has 20 heavy (non-hydrogen) atoms. The first-order chi connectivity index (χ1) is 9.48. The van der Waals surface area contributed by atoms with Gasteiger partial charge in [-0.15, -0.1) is 0 Å². The number of nitrogens with one attached hydrogen (secondary N) is 2. The average Bonchev–Trinajstić information content (AvgIpc) is 2.44. The van der Waals surface area contributed by atoms with Gasteiger partial charge in [0.15, 0.2) is 5.96 Å². The molecule has 118 valence electrons. The van der Waals surface area contributed by atoms with Crippen LogP contribution in [0.4, 0.5) is 0 Å². The maximum Gasteiger partial charge on any atom is 0.191 e. The molecule has 0 aromatic rings. The van der Waals surface area contributed by atoms with Crippen LogP contribution in [0.15, 0.2) is 4.99 Å². The van der Waals surface area contributed by atoms with Gasteiger partial charge < -0.3 is 15.4 Å². The van der Waals surface area contributed by atoms with Gasteiger partial charge in [0.2, 0.25) is 0 Å². The van der Waals surface area contributed by atoms with Crippen molar-refractivity contribution in [1.29, 1.82) is 0 Å². The van der Waals surface area contributed by atoms with E-state index < -0.39 is 0 Å². The standard InChI is InChI=1S/C15H32N4O/c1-13-8-6-7-10-19(13)11-9-17-14(16-4)18-12-15(2,3)20-5/h13H,6-12H2,1-5H3,(H2,16,17,18). The minimum atomic E-state index is -0.182. The van der Waals surface area contributed by atoms with Crippen molar-refractivity contribution in [2.75, 3.05) is 40.3 Å². The SMILES string of the molecule is CN=C(NCCN1CCCCC1C)NCC(C)(C)OC. The number of aliphatic imine (C=N–C) groups is 1. The third kappa shape index (κ3) is 6.09. The molecule has 5 heteroatoms. The molecule has 0 amide bonds. The first-order valence-corrected chi connectivity index (χ1v) is 7.72. The molecular weight excluding hydrogens is 252 g/mol. The normalized spacial score (nSPS) is 21.9. The minimum Gasteiger partial charge on any atom is -0.377 e. The molecule has 0 bridgehead atoms. The van der Waals surface area contributed by atoms with E-state index in [2.05, 4.69) is 41.3 Å². The molecule has 0 radical (unpaired) electrons. The van der Waals surface area contributed by atoms with Crippen LogP contribution in [0, 0.1) is 0 Å². The van der Waals surface area contributed by atoms with Crippen molar-refractivity contribution in [1.82, 2.24) is 15.5 Å². The number of guanidine groups is 1. The number of likely N-dealkylation sites (tertiary alicyclic amines) is 1. The fraction of sp³-hybridized carbons (Fsp3) is 0.933. The van der Waals surface area contributed by atoms with Gasteiger partial charge in [0.1, 0.15) is 0 Å². The summed E-state index contributed by atoms with van der Waals surface area (Å²) in [5.41, 5.74) is -0.182. The van der Waals surface area contributed by atoms with E-state index >= 15 is 0 Å². The number of hydrogen-bond acceptors (Lipinski definition) is 3. The van der Waals surface area contributed by atoms with Crippen LogP contribution in [0.1, 0.15) is 40.0 Å². The van der Waals surface area contributed by atoms with Crippen LogP contribution in [0.2, 0.25) is 0 Å². The van der Waals surface area contributed by atoms with E-state index in [0.29, 0.717) is 6.04 Å². The largest absolute Gasteiger partial charge is 0.377 e. The Labute approximate surface area is 124 Å². The van der Waals surface area contributed by atoms with E-state index in [1.807, 2.05) is 0 Å². The van der Waals surface area contributed by atoms with Crippen LogP contribution in [0.25, 0.3) is 0 Å². The molecule has 0 aliphatic carbocycles. The molecule has 1 aliphatic rings. The Morgan fingerprint density at radius 2 is 2.10 bits per heavy atom. The van der Waals surface area contributed by atoms with Crippen molar-refractivity contribution in [2.45, 2.75) is 51.7 Å². The van der Waals surface area contributed by atoms with Crippen LogP contribution >= 0.6 is 0 Å². The minimum absolute atomic E-state index is 0.182. The van der Waals surface area contributed by atoms with E-state index in [0.717, 1.165) is 25.6 Å². The van der Waals surface area contributed by atoms with Crippen LogP contribution in [-0.4, -0.2) is 62.8 Å². The average molecular weight is 284 g/mol. The number of hydrogen-bond donors (Lipinski definition) is 2. The summed E-state index contributed by atoms with van der Waals surface area (Å²) in [5, 5.41) is 6.68. The van der Waals surface area contributed by atoms with E-state index in [9.17, 15) is 0 Å². The third-order valence-corrected chi connectivity index (χ3v) is 4.09. The molecular formula is C15H32N4O. The Bertz CT molecular complexity index is 304. The zero-order chi connectivity index (χ0) is 15.0. The molecule has 0 aromatic heterocycles. The van der Waals surface area contributed by atoms with Crippen molar-refractivity contribution >= 4 is 5.96 Å². The van der Waals surface area contributed by atoms with Gasteiger partial charge in [0.25, 0.3) is 0 Å². The predicted octanol–water partition coefficient (Wildman–Crippen LogP) is 1.45. The van der Waals surface area contributed by atoms with Gasteiger partial charge in [-0.2, -0.15) is 0 Å². The fourth-order valence-corrected chi connectivity index (χ4v) is 2.40. The Balaban J connectivity index is 2.24. The lowest BCUT2D eigenvalue weighted by atomic mass is 10.0. The summed E-state index contributed by atoms with van der Waals surface area (Å²) in [4.78, 5) is 6.81. The maximum atomic E-state index is 5.39. The van der Waals surface area contributed by atoms with Crippen molar-refractivity contribution in [3.63, 3.8) is 0 Å². The zero-order valence-corrected chi connectivity index (χ0v) is 13.8. The van der Waals surface area contributed by atoms with Crippen LogP contribution in [0.3, 0.4) is 0 Å². The molecule has 0 saturated carbocycles. The number of nitrogens with zero attached hydrogens (tertiary/aromatic N) is 2. The number of rotatable bonds is 6. The summed E-state index contributed by atoms with van der Waals surface area (Å²) in [5.74, 6) is 0.847. The highest BCUT2D eigenvalue weighted by atomic mass is 16.5. The molecule has 1 rings (SSSR count). The lowest BCUT2D eigenvalue weighted by molar-refractivity contribution is 0.0268. The number of ether oxygens (including phenoxy) is 1. The van der Waals surface area contributed by atoms with E-state index in [4.69, 9.17) is 4.74 Å². The summed E-state index contributed by atoms with van der Waals surface area (Å²) in [6.07, 6.45) is 4.04. The van der Waals surface area contributed by atoms with Gasteiger partial charge >= 0.3 is 0 Å². The highest BCUT2D eigenvalue weighted by Gasteiger charge is 2.18. The molecule has 1 heterocycles. The summed E-state index contributed by atoms with van der Waals surface area (Å²) in [6.45, 7) is 10.4. The molecule has 2 N–H and O–H groups in total. The summed E-state index contributed by atoms with van der Waals surface area (Å²) < 4.78 is 5.39. The molecule has 5 nitrogen and oxygen atoms in total. The molecule has 0 aromatic carbocycles. The van der Waals surface area contributed by atoms with E-state index in [1.54, 1.807) is 14.2 Å². The molecule has 1 aliphatic heterocycles. The summed E-state index contributed by atoms with van der Waals surface area (Å²) >= 11 is 0. The second kappa shape index (κ2) is 8.47. The smallest absolute Gasteiger partial charge is 0.191 e. The third-order valence-electron chi connectivity index (χ3n) is 4.09. The lowest BCUT2D eigenvalue weighted by Gasteiger charge is -2.33. The maximum absolute atomic E-state index is 5.39. The molecule has 1 saturated heterocycles. The fourth-order valence-electron chi connectivity index (χ4n) is 2.40. The van der Waals surface area contributed by atoms with Gasteiger partial charge in [0.05, 0.1) is 5.60 Å². The van der Waals surface area contributed by atoms with E-state index in [1.165, 1.54) is 25.8 Å². The second-order valence-electron chi connectivity index (χ2n) is 6.20. The van der Waals surface area contributed by atoms with Crippen molar-refractivity contribution in [2.24, 2.45) is 4.99 Å². The Kier molecular flexibility index (Phi) is 7.30. The highest BCUT2D eigenvalue weighted by molar-refractivity contribution is 5.79. The molecule has 1 atom stereocenters. The number of methoxy groups -OCH3 is 1. The van der Waals surface area contributed by atoms with Crippen molar-refractivity contribution in [3.05, 3.63) is 0 Å². The van der Waals surface area contributed by atoms with Crippen molar-refractivity contribution < 1.29 is 4.74 Å². The van der Waals surface area contributed by atoms with E-state index in [-0.39, 0.29) is 5.60 Å². The molecule has 1 unspecified atom stereocenters. The first kappa shape index (κ1) is 17.2. The molecule has 1 fully saturated rings.